The monoisotopic (exact) mass is 384 g/mol. The van der Waals surface area contributed by atoms with Gasteiger partial charge in [-0.3, -0.25) is 0 Å². The lowest BCUT2D eigenvalue weighted by molar-refractivity contribution is 0.694. The Balaban J connectivity index is 0.00000196. The lowest BCUT2D eigenvalue weighted by Gasteiger charge is -2.08. The first kappa shape index (κ1) is 18.8. The summed E-state index contributed by atoms with van der Waals surface area (Å²) in [4.78, 5) is 0. The molecular weight excluding hydrogens is 363 g/mol. The van der Waals surface area contributed by atoms with Gasteiger partial charge in [-0.05, 0) is 42.3 Å². The maximum atomic E-state index is 6.23. The van der Waals surface area contributed by atoms with Gasteiger partial charge in [0.2, 0.25) is 0 Å². The van der Waals surface area contributed by atoms with Crippen LogP contribution < -0.4 is 5.32 Å². The Morgan fingerprint density at radius 2 is 1.58 bits per heavy atom. The standard InChI is InChI=1S/C22H21ClN2.ClH/c1-2-25-21-10-6-4-8-18(21)19-13-16(11-12-22(19)25)14-24-15-17-7-3-5-9-20(17)23;/h3-13,24H,2,14-15H2,1H3;1H. The fourth-order valence-corrected chi connectivity index (χ4v) is 3.74. The minimum atomic E-state index is 0. The predicted molar refractivity (Wildman–Crippen MR) is 114 cm³/mol. The van der Waals surface area contributed by atoms with E-state index in [4.69, 9.17) is 11.6 Å². The van der Waals surface area contributed by atoms with Crippen LogP contribution in [0.25, 0.3) is 21.8 Å². The molecule has 1 aromatic heterocycles. The van der Waals surface area contributed by atoms with Crippen LogP contribution in [-0.4, -0.2) is 4.57 Å². The highest BCUT2D eigenvalue weighted by Crippen LogP contribution is 2.29. The van der Waals surface area contributed by atoms with Crippen molar-refractivity contribution in [2.24, 2.45) is 0 Å². The Bertz CT molecular complexity index is 1040. The van der Waals surface area contributed by atoms with Crippen LogP contribution in [0.2, 0.25) is 5.02 Å². The van der Waals surface area contributed by atoms with E-state index in [2.05, 4.69) is 65.3 Å². The summed E-state index contributed by atoms with van der Waals surface area (Å²) in [6.07, 6.45) is 0. The van der Waals surface area contributed by atoms with Crippen LogP contribution in [0.4, 0.5) is 0 Å². The minimum absolute atomic E-state index is 0. The van der Waals surface area contributed by atoms with Crippen molar-refractivity contribution in [1.82, 2.24) is 9.88 Å². The van der Waals surface area contributed by atoms with E-state index in [1.165, 1.54) is 27.4 Å². The predicted octanol–water partition coefficient (Wildman–Crippen LogP) is 6.18. The van der Waals surface area contributed by atoms with Gasteiger partial charge in [0.1, 0.15) is 0 Å². The zero-order valence-corrected chi connectivity index (χ0v) is 16.3. The Labute approximate surface area is 165 Å². The Morgan fingerprint density at radius 1 is 0.846 bits per heavy atom. The van der Waals surface area contributed by atoms with Crippen molar-refractivity contribution in [3.63, 3.8) is 0 Å². The number of nitrogens with one attached hydrogen (secondary N) is 1. The van der Waals surface area contributed by atoms with Crippen LogP contribution in [-0.2, 0) is 19.6 Å². The second-order valence-corrected chi connectivity index (χ2v) is 6.72. The molecule has 0 saturated carbocycles. The number of aromatic nitrogens is 1. The average Bonchev–Trinajstić information content (AvgIpc) is 2.96. The summed E-state index contributed by atoms with van der Waals surface area (Å²) in [5.74, 6) is 0. The number of hydrogen-bond donors (Lipinski definition) is 1. The Hall–Kier alpha value is -2.00. The Kier molecular flexibility index (Phi) is 5.87. The number of para-hydroxylation sites is 1. The summed E-state index contributed by atoms with van der Waals surface area (Å²) in [5.41, 5.74) is 5.03. The van der Waals surface area contributed by atoms with E-state index in [1.807, 2.05) is 18.2 Å². The molecule has 0 radical (unpaired) electrons. The molecule has 1 N–H and O–H groups in total. The number of halogens is 2. The van der Waals surface area contributed by atoms with Crippen molar-refractivity contribution >= 4 is 45.8 Å². The van der Waals surface area contributed by atoms with Crippen molar-refractivity contribution < 1.29 is 0 Å². The molecule has 0 unspecified atom stereocenters. The highest BCUT2D eigenvalue weighted by atomic mass is 35.5. The number of benzene rings is 3. The average molecular weight is 385 g/mol. The van der Waals surface area contributed by atoms with E-state index in [1.54, 1.807) is 0 Å². The van der Waals surface area contributed by atoms with Gasteiger partial charge in [-0.1, -0.05) is 54.1 Å². The molecule has 26 heavy (non-hydrogen) atoms. The number of hydrogen-bond acceptors (Lipinski definition) is 1. The highest BCUT2D eigenvalue weighted by Gasteiger charge is 2.09. The second kappa shape index (κ2) is 8.13. The van der Waals surface area contributed by atoms with Gasteiger partial charge in [-0.2, -0.15) is 0 Å². The normalized spacial score (nSPS) is 11.0. The molecule has 0 fully saturated rings. The number of fused-ring (bicyclic) bond motifs is 3. The molecule has 0 aliphatic heterocycles. The van der Waals surface area contributed by atoms with E-state index in [9.17, 15) is 0 Å². The second-order valence-electron chi connectivity index (χ2n) is 6.31. The van der Waals surface area contributed by atoms with Crippen LogP contribution in [0, 0.1) is 0 Å². The first-order valence-corrected chi connectivity index (χ1v) is 9.09. The molecular formula is C22H22Cl2N2. The smallest absolute Gasteiger partial charge is 0.0491 e. The van der Waals surface area contributed by atoms with Crippen LogP contribution in [0.3, 0.4) is 0 Å². The molecule has 0 spiro atoms. The number of aryl methyl sites for hydroxylation is 1. The maximum Gasteiger partial charge on any atom is 0.0491 e. The summed E-state index contributed by atoms with van der Waals surface area (Å²) >= 11 is 6.23. The molecule has 2 nitrogen and oxygen atoms in total. The van der Waals surface area contributed by atoms with Crippen LogP contribution in [0.5, 0.6) is 0 Å². The fourth-order valence-electron chi connectivity index (χ4n) is 3.53. The molecule has 4 aromatic rings. The van der Waals surface area contributed by atoms with E-state index in [-0.39, 0.29) is 12.4 Å². The van der Waals surface area contributed by atoms with E-state index >= 15 is 0 Å². The van der Waals surface area contributed by atoms with Gasteiger partial charge in [0.25, 0.3) is 0 Å². The zero-order chi connectivity index (χ0) is 17.2. The van der Waals surface area contributed by atoms with E-state index < -0.39 is 0 Å². The fraction of sp³-hybridized carbons (Fsp3) is 0.182. The van der Waals surface area contributed by atoms with E-state index in [0.29, 0.717) is 0 Å². The summed E-state index contributed by atoms with van der Waals surface area (Å²) < 4.78 is 2.38. The van der Waals surface area contributed by atoms with Gasteiger partial charge in [0, 0.05) is 46.5 Å². The first-order valence-electron chi connectivity index (χ1n) is 8.72. The summed E-state index contributed by atoms with van der Waals surface area (Å²) in [6, 6.07) is 23.4. The van der Waals surface area contributed by atoms with Crippen molar-refractivity contribution in [1.29, 1.82) is 0 Å². The molecule has 0 amide bonds. The lowest BCUT2D eigenvalue weighted by Crippen LogP contribution is -2.12. The van der Waals surface area contributed by atoms with Crippen molar-refractivity contribution in [2.45, 2.75) is 26.6 Å². The molecule has 3 aromatic carbocycles. The molecule has 0 bridgehead atoms. The third-order valence-electron chi connectivity index (χ3n) is 4.76. The lowest BCUT2D eigenvalue weighted by atomic mass is 10.1. The quantitative estimate of drug-likeness (QED) is 0.434. The summed E-state index contributed by atoms with van der Waals surface area (Å²) in [7, 11) is 0. The van der Waals surface area contributed by atoms with Gasteiger partial charge in [-0.15, -0.1) is 12.4 Å². The summed E-state index contributed by atoms with van der Waals surface area (Å²) in [5, 5.41) is 6.97. The summed E-state index contributed by atoms with van der Waals surface area (Å²) in [6.45, 7) is 4.78. The molecule has 0 aliphatic carbocycles. The largest absolute Gasteiger partial charge is 0.341 e. The third kappa shape index (κ3) is 3.45. The third-order valence-corrected chi connectivity index (χ3v) is 5.12. The topological polar surface area (TPSA) is 17.0 Å². The zero-order valence-electron chi connectivity index (χ0n) is 14.7. The van der Waals surface area contributed by atoms with Gasteiger partial charge < -0.3 is 9.88 Å². The van der Waals surface area contributed by atoms with Gasteiger partial charge in [0.05, 0.1) is 0 Å². The molecule has 4 rings (SSSR count). The first-order chi connectivity index (χ1) is 12.3. The van der Waals surface area contributed by atoms with Crippen molar-refractivity contribution in [3.8, 4) is 0 Å². The van der Waals surface area contributed by atoms with Crippen molar-refractivity contribution in [2.75, 3.05) is 0 Å². The SMILES string of the molecule is CCn1c2ccccc2c2cc(CNCc3ccccc3Cl)ccc21.Cl. The molecule has 0 atom stereocenters. The molecule has 0 saturated heterocycles. The minimum Gasteiger partial charge on any atom is -0.341 e. The number of rotatable bonds is 5. The Morgan fingerprint density at radius 3 is 2.38 bits per heavy atom. The van der Waals surface area contributed by atoms with Gasteiger partial charge >= 0.3 is 0 Å². The maximum absolute atomic E-state index is 6.23. The molecule has 134 valence electrons. The molecule has 1 heterocycles. The highest BCUT2D eigenvalue weighted by molar-refractivity contribution is 6.31. The van der Waals surface area contributed by atoms with Crippen molar-refractivity contribution in [3.05, 3.63) is 82.9 Å². The van der Waals surface area contributed by atoms with Crippen LogP contribution in [0.1, 0.15) is 18.1 Å². The van der Waals surface area contributed by atoms with Crippen LogP contribution in [0.15, 0.2) is 66.7 Å². The van der Waals surface area contributed by atoms with Gasteiger partial charge in [0.15, 0.2) is 0 Å². The van der Waals surface area contributed by atoms with E-state index in [0.717, 1.165) is 30.2 Å². The van der Waals surface area contributed by atoms with Crippen LogP contribution >= 0.6 is 24.0 Å². The molecule has 0 aliphatic rings. The number of nitrogens with zero attached hydrogens (tertiary/aromatic N) is 1. The molecule has 4 heteroatoms. The van der Waals surface area contributed by atoms with Gasteiger partial charge in [-0.25, -0.2) is 0 Å².